The Hall–Kier alpha value is -2.21. The van der Waals surface area contributed by atoms with Crippen LogP contribution < -0.4 is 0 Å². The number of aromatic nitrogens is 2. The van der Waals surface area contributed by atoms with Crippen molar-refractivity contribution in [2.75, 3.05) is 0 Å². The van der Waals surface area contributed by atoms with Gasteiger partial charge in [-0.15, -0.1) is 21.6 Å². The molecule has 0 saturated carbocycles. The van der Waals surface area contributed by atoms with Crippen LogP contribution in [0.5, 0.6) is 5.88 Å². The smallest absolute Gasteiger partial charge is 0.229 e. The van der Waals surface area contributed by atoms with Gasteiger partial charge in [0.1, 0.15) is 0 Å². The molecule has 0 atom stereocenters. The number of aryl methyl sites for hydroxylation is 1. The van der Waals surface area contributed by atoms with Gasteiger partial charge in [-0.25, -0.2) is 4.98 Å². The quantitative estimate of drug-likeness (QED) is 0.348. The third kappa shape index (κ3) is 4.25. The molecule has 0 amide bonds. The van der Waals surface area contributed by atoms with Gasteiger partial charge in [0.15, 0.2) is 5.69 Å². The highest BCUT2D eigenvalue weighted by atomic mass is 32.1. The van der Waals surface area contributed by atoms with E-state index in [1.54, 1.807) is 6.20 Å². The summed E-state index contributed by atoms with van der Waals surface area (Å²) in [6.45, 7) is 3.02. The molecule has 0 aliphatic carbocycles. The van der Waals surface area contributed by atoms with Gasteiger partial charge in [-0.3, -0.25) is 0 Å². The number of benzene rings is 1. The maximum Gasteiger partial charge on any atom is 0.229 e. The number of hydrogen-bond acceptors (Lipinski definition) is 5. The Kier molecular flexibility index (Phi) is 6.17. The van der Waals surface area contributed by atoms with Crippen molar-refractivity contribution < 1.29 is 5.11 Å². The van der Waals surface area contributed by atoms with Crippen molar-refractivity contribution >= 4 is 33.1 Å². The first kappa shape index (κ1) is 17.6. The first-order valence-electron chi connectivity index (χ1n) is 8.92. The summed E-state index contributed by atoms with van der Waals surface area (Å²) in [5.74, 6) is 0.190. The van der Waals surface area contributed by atoms with Crippen LogP contribution in [-0.4, -0.2) is 14.7 Å². The summed E-state index contributed by atoms with van der Waals surface area (Å²) in [5.41, 5.74) is 1.53. The van der Waals surface area contributed by atoms with Gasteiger partial charge in [-0.2, -0.15) is 0 Å². The topological polar surface area (TPSA) is 62.8 Å². The fraction of sp³-hybridized carbons (Fsp3) is 0.421. The highest BCUT2D eigenvalue weighted by Gasteiger charge is 2.16. The maximum absolute atomic E-state index is 10.7. The molecular formula is C19H24N4OS. The van der Waals surface area contributed by atoms with E-state index in [0.717, 1.165) is 23.9 Å². The summed E-state index contributed by atoms with van der Waals surface area (Å²) < 4.78 is 1.95. The Balaban J connectivity index is 1.78. The molecule has 5 nitrogen and oxygen atoms in total. The van der Waals surface area contributed by atoms with Crippen LogP contribution in [0.4, 0.5) is 10.8 Å². The van der Waals surface area contributed by atoms with Crippen molar-refractivity contribution in [2.45, 2.75) is 52.0 Å². The van der Waals surface area contributed by atoms with E-state index in [1.807, 2.05) is 34.2 Å². The average Bonchev–Trinajstić information content (AvgIpc) is 3.23. The Labute approximate surface area is 152 Å². The first-order chi connectivity index (χ1) is 12.3. The lowest BCUT2D eigenvalue weighted by molar-refractivity contribution is 0.415. The number of hydrogen-bond donors (Lipinski definition) is 1. The Morgan fingerprint density at radius 2 is 1.88 bits per heavy atom. The Morgan fingerprint density at radius 3 is 2.68 bits per heavy atom. The molecule has 2 aromatic heterocycles. The van der Waals surface area contributed by atoms with E-state index in [9.17, 15) is 5.11 Å². The fourth-order valence-corrected chi connectivity index (χ4v) is 3.46. The molecule has 1 N–H and O–H groups in total. The summed E-state index contributed by atoms with van der Waals surface area (Å²) in [7, 11) is 0. The number of rotatable bonds is 9. The zero-order chi connectivity index (χ0) is 17.5. The third-order valence-electron chi connectivity index (χ3n) is 4.31. The maximum atomic E-state index is 10.7. The lowest BCUT2D eigenvalue weighted by Crippen LogP contribution is -1.97. The molecule has 0 fully saturated rings. The van der Waals surface area contributed by atoms with Gasteiger partial charge in [0.05, 0.1) is 5.52 Å². The van der Waals surface area contributed by atoms with Crippen molar-refractivity contribution in [1.82, 2.24) is 9.55 Å². The van der Waals surface area contributed by atoms with Crippen LogP contribution >= 0.6 is 11.3 Å². The molecule has 0 aliphatic heterocycles. The summed E-state index contributed by atoms with van der Waals surface area (Å²) >= 11 is 1.42. The van der Waals surface area contributed by atoms with E-state index in [0.29, 0.717) is 10.8 Å². The standard InChI is InChI=1S/C19H24N4OS/c1-2-3-4-5-6-9-13-23-16-11-8-7-10-15(16)17(18(23)24)21-22-19-20-12-14-25-19/h7-8,10-12,14,24H,2-6,9,13H2,1H3. The lowest BCUT2D eigenvalue weighted by Gasteiger charge is -2.06. The van der Waals surface area contributed by atoms with E-state index >= 15 is 0 Å². The lowest BCUT2D eigenvalue weighted by atomic mass is 10.1. The first-order valence-corrected chi connectivity index (χ1v) is 9.80. The van der Waals surface area contributed by atoms with E-state index in [-0.39, 0.29) is 5.88 Å². The van der Waals surface area contributed by atoms with Crippen molar-refractivity contribution in [2.24, 2.45) is 10.2 Å². The summed E-state index contributed by atoms with van der Waals surface area (Å²) in [4.78, 5) is 4.10. The highest BCUT2D eigenvalue weighted by molar-refractivity contribution is 7.13. The normalized spacial score (nSPS) is 11.7. The second kappa shape index (κ2) is 8.76. The molecule has 0 bridgehead atoms. The molecule has 3 rings (SSSR count). The minimum absolute atomic E-state index is 0.190. The number of aromatic hydroxyl groups is 1. The molecule has 25 heavy (non-hydrogen) atoms. The van der Waals surface area contributed by atoms with Gasteiger partial charge in [0, 0.05) is 23.5 Å². The highest BCUT2D eigenvalue weighted by Crippen LogP contribution is 2.39. The molecule has 2 heterocycles. The van der Waals surface area contributed by atoms with Gasteiger partial charge in [0.25, 0.3) is 0 Å². The molecule has 132 valence electrons. The largest absolute Gasteiger partial charge is 0.493 e. The number of unbranched alkanes of at least 4 members (excludes halogenated alkanes) is 5. The van der Waals surface area contributed by atoms with Crippen LogP contribution in [-0.2, 0) is 6.54 Å². The predicted molar refractivity (Wildman–Crippen MR) is 103 cm³/mol. The zero-order valence-corrected chi connectivity index (χ0v) is 15.4. The minimum atomic E-state index is 0.190. The number of thiazole rings is 1. The van der Waals surface area contributed by atoms with Crippen molar-refractivity contribution in [1.29, 1.82) is 0 Å². The van der Waals surface area contributed by atoms with Crippen LogP contribution in [0.2, 0.25) is 0 Å². The fourth-order valence-electron chi connectivity index (χ4n) is 3.00. The van der Waals surface area contributed by atoms with Gasteiger partial charge in [-0.05, 0) is 12.5 Å². The van der Waals surface area contributed by atoms with E-state index < -0.39 is 0 Å². The van der Waals surface area contributed by atoms with Crippen LogP contribution in [0.1, 0.15) is 45.4 Å². The van der Waals surface area contributed by atoms with E-state index in [1.165, 1.54) is 43.4 Å². The molecule has 0 unspecified atom stereocenters. The van der Waals surface area contributed by atoms with Crippen molar-refractivity contribution in [3.63, 3.8) is 0 Å². The van der Waals surface area contributed by atoms with E-state index in [2.05, 4.69) is 22.1 Å². The molecule has 0 radical (unpaired) electrons. The number of azo groups is 1. The second-order valence-corrected chi connectivity index (χ2v) is 7.00. The van der Waals surface area contributed by atoms with Gasteiger partial charge in [-0.1, -0.05) is 57.2 Å². The molecular weight excluding hydrogens is 332 g/mol. The van der Waals surface area contributed by atoms with Gasteiger partial charge in [0.2, 0.25) is 11.0 Å². The number of fused-ring (bicyclic) bond motifs is 1. The van der Waals surface area contributed by atoms with Crippen molar-refractivity contribution in [3.8, 4) is 5.88 Å². The Bertz CT molecular complexity index is 823. The predicted octanol–water partition coefficient (Wildman–Crippen LogP) is 6.58. The molecule has 1 aromatic carbocycles. The minimum Gasteiger partial charge on any atom is -0.493 e. The molecule has 0 saturated heterocycles. The molecule has 0 aliphatic rings. The summed E-state index contributed by atoms with van der Waals surface area (Å²) in [5, 5.41) is 22.5. The summed E-state index contributed by atoms with van der Waals surface area (Å²) in [6, 6.07) is 7.94. The molecule has 6 heteroatoms. The molecule has 3 aromatic rings. The van der Waals surface area contributed by atoms with Gasteiger partial charge >= 0.3 is 0 Å². The second-order valence-electron chi connectivity index (χ2n) is 6.12. The van der Waals surface area contributed by atoms with Gasteiger partial charge < -0.3 is 9.67 Å². The monoisotopic (exact) mass is 356 g/mol. The van der Waals surface area contributed by atoms with Crippen LogP contribution in [0.3, 0.4) is 0 Å². The molecule has 0 spiro atoms. The number of nitrogens with zero attached hydrogens (tertiary/aromatic N) is 4. The van der Waals surface area contributed by atoms with Crippen LogP contribution in [0.25, 0.3) is 10.9 Å². The van der Waals surface area contributed by atoms with Crippen molar-refractivity contribution in [3.05, 3.63) is 35.8 Å². The number of para-hydroxylation sites is 1. The SMILES string of the molecule is CCCCCCCCn1c(O)c(N=Nc2nccs2)c2ccccc21. The average molecular weight is 356 g/mol. The van der Waals surface area contributed by atoms with Crippen LogP contribution in [0.15, 0.2) is 46.1 Å². The third-order valence-corrected chi connectivity index (χ3v) is 4.96. The summed E-state index contributed by atoms with van der Waals surface area (Å²) in [6.07, 6.45) is 9.05. The Morgan fingerprint density at radius 1 is 1.08 bits per heavy atom. The zero-order valence-electron chi connectivity index (χ0n) is 14.6. The van der Waals surface area contributed by atoms with E-state index in [4.69, 9.17) is 0 Å². The van der Waals surface area contributed by atoms with Crippen LogP contribution in [0, 0.1) is 0 Å².